The lowest BCUT2D eigenvalue weighted by molar-refractivity contribution is -0.155. The number of ether oxygens (including phenoxy) is 1. The van der Waals surface area contributed by atoms with Gasteiger partial charge in [0, 0.05) is 6.42 Å². The molecule has 1 aromatic heterocycles. The van der Waals surface area contributed by atoms with Gasteiger partial charge in [0.15, 0.2) is 6.10 Å². The maximum atomic E-state index is 12.4. The Bertz CT molecular complexity index is 847. The van der Waals surface area contributed by atoms with E-state index >= 15 is 0 Å². The van der Waals surface area contributed by atoms with E-state index in [2.05, 4.69) is 16.4 Å². The van der Waals surface area contributed by atoms with Crippen LogP contribution in [0.1, 0.15) is 56.9 Å². The third-order valence-electron chi connectivity index (χ3n) is 5.07. The summed E-state index contributed by atoms with van der Waals surface area (Å²) in [6, 6.07) is 10.2. The van der Waals surface area contributed by atoms with Crippen molar-refractivity contribution in [2.24, 2.45) is 0 Å². The first-order valence-corrected chi connectivity index (χ1v) is 10.6. The van der Waals surface area contributed by atoms with Crippen LogP contribution in [-0.2, 0) is 20.7 Å². The molecule has 1 aliphatic rings. The third-order valence-corrected chi connectivity index (χ3v) is 6.17. The number of rotatable bonds is 7. The van der Waals surface area contributed by atoms with Crippen LogP contribution in [0.4, 0.5) is 0 Å². The molecule has 28 heavy (non-hydrogen) atoms. The first kappa shape index (κ1) is 20.3. The highest BCUT2D eigenvalue weighted by atomic mass is 32.1. The summed E-state index contributed by atoms with van der Waals surface area (Å²) in [5.41, 5.74) is 0.160. The Hall–Kier alpha value is -2.46. The van der Waals surface area contributed by atoms with E-state index in [1.807, 2.05) is 24.3 Å². The molecule has 1 saturated carbocycles. The first-order chi connectivity index (χ1) is 13.5. The molecule has 0 radical (unpaired) electrons. The smallest absolute Gasteiger partial charge is 0.306 e. The predicted molar refractivity (Wildman–Crippen MR) is 108 cm³/mol. The minimum Gasteiger partial charge on any atom is -0.453 e. The second kappa shape index (κ2) is 9.16. The number of thiazole rings is 1. The highest BCUT2D eigenvalue weighted by molar-refractivity contribution is 7.18. The summed E-state index contributed by atoms with van der Waals surface area (Å²) in [6.07, 6.45) is 4.89. The highest BCUT2D eigenvalue weighted by Gasteiger charge is 2.35. The van der Waals surface area contributed by atoms with Gasteiger partial charge in [-0.1, -0.05) is 31.4 Å². The number of para-hydroxylation sites is 1. The second-order valence-electron chi connectivity index (χ2n) is 7.30. The van der Waals surface area contributed by atoms with Gasteiger partial charge in [-0.05, 0) is 44.7 Å². The van der Waals surface area contributed by atoms with E-state index in [4.69, 9.17) is 4.74 Å². The van der Waals surface area contributed by atoms with Gasteiger partial charge >= 0.3 is 5.97 Å². The normalized spacial score (nSPS) is 16.9. The molecule has 1 atom stereocenters. The average Bonchev–Trinajstić information content (AvgIpc) is 3.11. The Morgan fingerprint density at radius 1 is 1.32 bits per heavy atom. The van der Waals surface area contributed by atoms with Crippen LogP contribution in [0.25, 0.3) is 10.2 Å². The molecule has 2 aromatic rings. The topological polar surface area (TPSA) is 92.1 Å². The summed E-state index contributed by atoms with van der Waals surface area (Å²) in [7, 11) is 0. The Labute approximate surface area is 168 Å². The zero-order valence-electron chi connectivity index (χ0n) is 16.1. The molecule has 1 heterocycles. The van der Waals surface area contributed by atoms with Gasteiger partial charge in [-0.15, -0.1) is 11.3 Å². The third kappa shape index (κ3) is 5.08. The van der Waals surface area contributed by atoms with Gasteiger partial charge in [0.25, 0.3) is 5.91 Å². The van der Waals surface area contributed by atoms with Crippen molar-refractivity contribution in [2.75, 3.05) is 0 Å². The van der Waals surface area contributed by atoms with Crippen molar-refractivity contribution in [1.29, 1.82) is 5.26 Å². The Morgan fingerprint density at radius 3 is 2.79 bits per heavy atom. The van der Waals surface area contributed by atoms with Crippen LogP contribution < -0.4 is 5.32 Å². The SMILES string of the molecule is C[C@@H](OC(=O)CCCc1nc2ccccc2s1)C(=O)NC1(C#N)CCCCC1. The monoisotopic (exact) mass is 399 g/mol. The van der Waals surface area contributed by atoms with Crippen molar-refractivity contribution < 1.29 is 14.3 Å². The van der Waals surface area contributed by atoms with Gasteiger partial charge in [0.05, 0.1) is 21.3 Å². The number of nitrogens with zero attached hydrogens (tertiary/aromatic N) is 2. The van der Waals surface area contributed by atoms with Crippen molar-refractivity contribution in [3.05, 3.63) is 29.3 Å². The minimum atomic E-state index is -0.901. The lowest BCUT2D eigenvalue weighted by atomic mass is 9.83. The summed E-state index contributed by atoms with van der Waals surface area (Å²) in [5, 5.41) is 13.2. The zero-order valence-corrected chi connectivity index (χ0v) is 16.9. The molecule has 0 unspecified atom stereocenters. The number of amides is 1. The molecule has 0 bridgehead atoms. The molecule has 1 amide bonds. The minimum absolute atomic E-state index is 0.233. The van der Waals surface area contributed by atoms with Gasteiger partial charge in [0.2, 0.25) is 0 Å². The molecule has 1 N–H and O–H groups in total. The fraction of sp³-hybridized carbons (Fsp3) is 0.524. The lowest BCUT2D eigenvalue weighted by Gasteiger charge is -2.32. The van der Waals surface area contributed by atoms with E-state index in [9.17, 15) is 14.9 Å². The number of aromatic nitrogens is 1. The number of carbonyl (C=O) groups excluding carboxylic acids is 2. The number of hydrogen-bond donors (Lipinski definition) is 1. The molecule has 0 spiro atoms. The molecule has 7 heteroatoms. The van der Waals surface area contributed by atoms with Gasteiger partial charge in [-0.3, -0.25) is 9.59 Å². The van der Waals surface area contributed by atoms with E-state index in [0.29, 0.717) is 25.7 Å². The van der Waals surface area contributed by atoms with Crippen LogP contribution in [0.2, 0.25) is 0 Å². The molecular weight excluding hydrogens is 374 g/mol. The summed E-state index contributed by atoms with van der Waals surface area (Å²) >= 11 is 1.63. The summed E-state index contributed by atoms with van der Waals surface area (Å²) in [6.45, 7) is 1.55. The quantitative estimate of drug-likeness (QED) is 0.713. The predicted octanol–water partition coefficient (Wildman–Crippen LogP) is 3.89. The Kier molecular flexibility index (Phi) is 6.63. The standard InChI is InChI=1S/C21H25N3O3S/c1-15(20(26)24-21(14-22)12-5-2-6-13-21)27-19(25)11-7-10-18-23-16-8-3-4-9-17(16)28-18/h3-4,8-9,15H,2,5-7,10-13H2,1H3,(H,24,26)/t15-/m1/s1. The average molecular weight is 400 g/mol. The maximum absolute atomic E-state index is 12.4. The number of nitrogens with one attached hydrogen (secondary N) is 1. The zero-order chi connectivity index (χ0) is 20.0. The van der Waals surface area contributed by atoms with E-state index in [0.717, 1.165) is 34.5 Å². The van der Waals surface area contributed by atoms with Crippen molar-refractivity contribution in [2.45, 2.75) is 69.9 Å². The maximum Gasteiger partial charge on any atom is 0.306 e. The van der Waals surface area contributed by atoms with Crippen LogP contribution in [0.15, 0.2) is 24.3 Å². The fourth-order valence-electron chi connectivity index (χ4n) is 3.48. The summed E-state index contributed by atoms with van der Waals surface area (Å²) in [4.78, 5) is 29.0. The Morgan fingerprint density at radius 2 is 2.07 bits per heavy atom. The molecule has 1 aliphatic carbocycles. The van der Waals surface area contributed by atoms with Gasteiger partial charge in [-0.2, -0.15) is 5.26 Å². The molecular formula is C21H25N3O3S. The largest absolute Gasteiger partial charge is 0.453 e. The van der Waals surface area contributed by atoms with Crippen molar-refractivity contribution >= 4 is 33.4 Å². The van der Waals surface area contributed by atoms with Crippen LogP contribution in [0, 0.1) is 11.3 Å². The number of hydrogen-bond acceptors (Lipinski definition) is 6. The summed E-state index contributed by atoms with van der Waals surface area (Å²) < 4.78 is 6.40. The van der Waals surface area contributed by atoms with E-state index in [-0.39, 0.29) is 6.42 Å². The number of benzene rings is 1. The molecule has 0 saturated heterocycles. The van der Waals surface area contributed by atoms with E-state index < -0.39 is 23.5 Å². The van der Waals surface area contributed by atoms with Crippen LogP contribution in [-0.4, -0.2) is 28.5 Å². The van der Waals surface area contributed by atoms with E-state index in [1.165, 1.54) is 0 Å². The second-order valence-corrected chi connectivity index (χ2v) is 8.42. The number of carbonyl (C=O) groups is 2. The van der Waals surface area contributed by atoms with Crippen molar-refractivity contribution in [3.63, 3.8) is 0 Å². The highest BCUT2D eigenvalue weighted by Crippen LogP contribution is 2.27. The molecule has 148 valence electrons. The fourth-order valence-corrected chi connectivity index (χ4v) is 4.49. The van der Waals surface area contributed by atoms with Crippen LogP contribution in [0.3, 0.4) is 0 Å². The van der Waals surface area contributed by atoms with Gasteiger partial charge in [0.1, 0.15) is 5.54 Å². The molecule has 6 nitrogen and oxygen atoms in total. The van der Waals surface area contributed by atoms with E-state index in [1.54, 1.807) is 18.3 Å². The van der Waals surface area contributed by atoms with Crippen molar-refractivity contribution in [3.8, 4) is 6.07 Å². The van der Waals surface area contributed by atoms with Crippen molar-refractivity contribution in [1.82, 2.24) is 10.3 Å². The van der Waals surface area contributed by atoms with Crippen LogP contribution in [0.5, 0.6) is 0 Å². The molecule has 0 aliphatic heterocycles. The number of fused-ring (bicyclic) bond motifs is 1. The molecule has 3 rings (SSSR count). The molecule has 1 aromatic carbocycles. The number of esters is 1. The van der Waals surface area contributed by atoms with Crippen LogP contribution >= 0.6 is 11.3 Å². The summed E-state index contributed by atoms with van der Waals surface area (Å²) in [5.74, 6) is -0.804. The number of aryl methyl sites for hydroxylation is 1. The first-order valence-electron chi connectivity index (χ1n) is 9.78. The van der Waals surface area contributed by atoms with Gasteiger partial charge < -0.3 is 10.1 Å². The molecule has 1 fully saturated rings. The Balaban J connectivity index is 1.43. The lowest BCUT2D eigenvalue weighted by Crippen LogP contribution is -2.52. The number of nitriles is 1. The van der Waals surface area contributed by atoms with Gasteiger partial charge in [-0.25, -0.2) is 4.98 Å².